The van der Waals surface area contributed by atoms with Crippen molar-refractivity contribution in [2.75, 3.05) is 0 Å². The quantitative estimate of drug-likeness (QED) is 0.864. The van der Waals surface area contributed by atoms with Gasteiger partial charge in [-0.05, 0) is 45.3 Å². The van der Waals surface area contributed by atoms with Gasteiger partial charge >= 0.3 is 12.1 Å². The fraction of sp³-hybridized carbons (Fsp3) is 0.444. The highest BCUT2D eigenvalue weighted by atomic mass is 16.6. The first-order chi connectivity index (χ1) is 10.7. The van der Waals surface area contributed by atoms with Crippen molar-refractivity contribution in [2.45, 2.75) is 44.8 Å². The van der Waals surface area contributed by atoms with Crippen LogP contribution in [0.5, 0.6) is 0 Å². The molecule has 1 saturated carbocycles. The predicted octanol–water partition coefficient (Wildman–Crippen LogP) is 3.29. The summed E-state index contributed by atoms with van der Waals surface area (Å²) in [7, 11) is 0. The van der Waals surface area contributed by atoms with E-state index in [0.717, 1.165) is 5.56 Å². The lowest BCUT2D eigenvalue weighted by Crippen LogP contribution is -2.54. The van der Waals surface area contributed by atoms with E-state index in [4.69, 9.17) is 15.2 Å². The van der Waals surface area contributed by atoms with Crippen LogP contribution in [0.25, 0.3) is 6.08 Å². The molecule has 1 aliphatic rings. The lowest BCUT2D eigenvalue weighted by Gasteiger charge is -2.45. The van der Waals surface area contributed by atoms with Crippen LogP contribution < -0.4 is 5.73 Å². The molecule has 1 aromatic carbocycles. The van der Waals surface area contributed by atoms with Crippen molar-refractivity contribution in [3.8, 4) is 0 Å². The molecule has 0 radical (unpaired) electrons. The molecule has 5 nitrogen and oxygen atoms in total. The number of benzene rings is 1. The fourth-order valence-electron chi connectivity index (χ4n) is 2.61. The van der Waals surface area contributed by atoms with Crippen LogP contribution in [0.1, 0.15) is 39.2 Å². The van der Waals surface area contributed by atoms with E-state index in [9.17, 15) is 9.59 Å². The summed E-state index contributed by atoms with van der Waals surface area (Å²) in [6.45, 7) is 5.42. The summed E-state index contributed by atoms with van der Waals surface area (Å²) in [6.07, 6.45) is 3.82. The molecule has 0 spiro atoms. The first-order valence-corrected chi connectivity index (χ1v) is 7.67. The van der Waals surface area contributed by atoms with Gasteiger partial charge in [-0.1, -0.05) is 36.4 Å². The maximum absolute atomic E-state index is 12.4. The van der Waals surface area contributed by atoms with Gasteiger partial charge in [0.1, 0.15) is 17.1 Å². The first kappa shape index (κ1) is 17.1. The van der Waals surface area contributed by atoms with E-state index in [-0.39, 0.29) is 5.97 Å². The first-order valence-electron chi connectivity index (χ1n) is 7.67. The number of amides is 1. The SMILES string of the molecule is CC(C)(C)OC(=O)C1CCC1(C=Cc1ccccc1)OC(N)=O. The smallest absolute Gasteiger partial charge is 0.405 e. The Morgan fingerprint density at radius 1 is 1.26 bits per heavy atom. The van der Waals surface area contributed by atoms with Gasteiger partial charge in [0.25, 0.3) is 0 Å². The topological polar surface area (TPSA) is 78.6 Å². The molecule has 2 rings (SSSR count). The lowest BCUT2D eigenvalue weighted by molar-refractivity contribution is -0.176. The van der Waals surface area contributed by atoms with Gasteiger partial charge in [-0.25, -0.2) is 4.79 Å². The molecule has 124 valence electrons. The molecule has 2 atom stereocenters. The average Bonchev–Trinajstić information content (AvgIpc) is 2.40. The Balaban J connectivity index is 2.21. The molecule has 1 aliphatic carbocycles. The van der Waals surface area contributed by atoms with Crippen LogP contribution in [-0.2, 0) is 14.3 Å². The van der Waals surface area contributed by atoms with Gasteiger partial charge in [-0.2, -0.15) is 0 Å². The van der Waals surface area contributed by atoms with Gasteiger partial charge in [0.15, 0.2) is 0 Å². The van der Waals surface area contributed by atoms with Crippen molar-refractivity contribution in [3.05, 3.63) is 42.0 Å². The minimum absolute atomic E-state index is 0.372. The Hall–Kier alpha value is -2.30. The minimum Gasteiger partial charge on any atom is -0.460 e. The van der Waals surface area contributed by atoms with Crippen molar-refractivity contribution in [3.63, 3.8) is 0 Å². The van der Waals surface area contributed by atoms with Crippen LogP contribution in [0.15, 0.2) is 36.4 Å². The molecule has 0 bridgehead atoms. The molecule has 0 heterocycles. The van der Waals surface area contributed by atoms with E-state index in [1.54, 1.807) is 26.8 Å². The van der Waals surface area contributed by atoms with Crippen LogP contribution in [0.4, 0.5) is 4.79 Å². The number of ether oxygens (including phenoxy) is 2. The third kappa shape index (κ3) is 4.34. The van der Waals surface area contributed by atoms with Crippen LogP contribution in [0.2, 0.25) is 0 Å². The van der Waals surface area contributed by atoms with Crippen LogP contribution in [-0.4, -0.2) is 23.3 Å². The van der Waals surface area contributed by atoms with Gasteiger partial charge in [0.2, 0.25) is 0 Å². The highest BCUT2D eigenvalue weighted by Crippen LogP contribution is 2.44. The highest BCUT2D eigenvalue weighted by Gasteiger charge is 2.53. The summed E-state index contributed by atoms with van der Waals surface area (Å²) < 4.78 is 10.7. The van der Waals surface area contributed by atoms with E-state index in [2.05, 4.69) is 0 Å². The van der Waals surface area contributed by atoms with Gasteiger partial charge in [0.05, 0.1) is 0 Å². The second-order valence-corrected chi connectivity index (χ2v) is 6.74. The zero-order chi connectivity index (χ0) is 17.1. The molecule has 2 N–H and O–H groups in total. The van der Waals surface area contributed by atoms with E-state index < -0.39 is 23.2 Å². The summed E-state index contributed by atoms with van der Waals surface area (Å²) in [5.74, 6) is -0.906. The highest BCUT2D eigenvalue weighted by molar-refractivity contribution is 5.78. The largest absolute Gasteiger partial charge is 0.460 e. The molecule has 1 fully saturated rings. The number of primary amides is 1. The Morgan fingerprint density at radius 2 is 1.91 bits per heavy atom. The number of esters is 1. The maximum atomic E-state index is 12.4. The third-order valence-electron chi connectivity index (χ3n) is 3.75. The fourth-order valence-corrected chi connectivity index (χ4v) is 2.61. The molecular weight excluding hydrogens is 294 g/mol. The molecule has 5 heteroatoms. The second kappa shape index (κ2) is 6.44. The molecule has 0 aromatic heterocycles. The summed E-state index contributed by atoms with van der Waals surface area (Å²) in [5, 5.41) is 0. The standard InChI is InChI=1S/C18H23NO4/c1-17(2,3)22-15(20)14-10-12-18(14,23-16(19)21)11-9-13-7-5-4-6-8-13/h4-9,11,14H,10,12H2,1-3H3,(H2,19,21). The van der Waals surface area contributed by atoms with E-state index in [1.165, 1.54) is 0 Å². The minimum atomic E-state index is -1.02. The zero-order valence-electron chi connectivity index (χ0n) is 13.7. The summed E-state index contributed by atoms with van der Waals surface area (Å²) >= 11 is 0. The zero-order valence-corrected chi connectivity index (χ0v) is 13.7. The molecule has 0 saturated heterocycles. The maximum Gasteiger partial charge on any atom is 0.405 e. The van der Waals surface area contributed by atoms with Crippen LogP contribution in [0.3, 0.4) is 0 Å². The van der Waals surface area contributed by atoms with E-state index in [0.29, 0.717) is 12.8 Å². The van der Waals surface area contributed by atoms with Crippen molar-refractivity contribution in [2.24, 2.45) is 11.7 Å². The molecule has 2 unspecified atom stereocenters. The van der Waals surface area contributed by atoms with Gasteiger partial charge in [-0.3, -0.25) is 4.79 Å². The Morgan fingerprint density at radius 3 is 2.39 bits per heavy atom. The van der Waals surface area contributed by atoms with Crippen LogP contribution >= 0.6 is 0 Å². The van der Waals surface area contributed by atoms with Gasteiger partial charge in [-0.15, -0.1) is 0 Å². The molecule has 23 heavy (non-hydrogen) atoms. The average molecular weight is 317 g/mol. The van der Waals surface area contributed by atoms with E-state index >= 15 is 0 Å². The number of carbonyl (C=O) groups is 2. The molecular formula is C18H23NO4. The number of hydrogen-bond acceptors (Lipinski definition) is 4. The van der Waals surface area contributed by atoms with Gasteiger partial charge in [0, 0.05) is 0 Å². The predicted molar refractivity (Wildman–Crippen MR) is 87.4 cm³/mol. The van der Waals surface area contributed by atoms with Gasteiger partial charge < -0.3 is 15.2 Å². The van der Waals surface area contributed by atoms with Crippen molar-refractivity contribution < 1.29 is 19.1 Å². The Bertz CT molecular complexity index is 603. The van der Waals surface area contributed by atoms with E-state index in [1.807, 2.05) is 36.4 Å². The van der Waals surface area contributed by atoms with Crippen molar-refractivity contribution in [1.29, 1.82) is 0 Å². The molecule has 0 aliphatic heterocycles. The normalized spacial score (nSPS) is 24.0. The third-order valence-corrected chi connectivity index (χ3v) is 3.75. The lowest BCUT2D eigenvalue weighted by atomic mass is 9.68. The second-order valence-electron chi connectivity index (χ2n) is 6.74. The number of rotatable bonds is 4. The number of carbonyl (C=O) groups excluding carboxylic acids is 2. The molecule has 1 aromatic rings. The summed E-state index contributed by atoms with van der Waals surface area (Å²) in [5.41, 5.74) is 4.54. The monoisotopic (exact) mass is 317 g/mol. The Kier molecular flexibility index (Phi) is 4.78. The van der Waals surface area contributed by atoms with Crippen molar-refractivity contribution >= 4 is 18.1 Å². The van der Waals surface area contributed by atoms with Crippen molar-refractivity contribution in [1.82, 2.24) is 0 Å². The number of nitrogens with two attached hydrogens (primary N) is 1. The summed E-state index contributed by atoms with van der Waals surface area (Å²) in [4.78, 5) is 23.6. The number of hydrogen-bond donors (Lipinski definition) is 1. The molecule has 1 amide bonds. The van der Waals surface area contributed by atoms with Crippen LogP contribution in [0, 0.1) is 5.92 Å². The Labute approximate surface area is 136 Å². The summed E-state index contributed by atoms with van der Waals surface area (Å²) in [6, 6.07) is 9.59.